The molecule has 2 aromatic rings. The number of hydrogen-bond donors (Lipinski definition) is 2. The van der Waals surface area contributed by atoms with E-state index in [2.05, 4.69) is 22.2 Å². The van der Waals surface area contributed by atoms with Crippen LogP contribution in [0.15, 0.2) is 53.4 Å². The zero-order chi connectivity index (χ0) is 19.7. The van der Waals surface area contributed by atoms with E-state index in [1.807, 2.05) is 64.1 Å². The van der Waals surface area contributed by atoms with E-state index in [-0.39, 0.29) is 0 Å². The highest BCUT2D eigenvalue weighted by Gasteiger charge is 2.52. The predicted octanol–water partition coefficient (Wildman–Crippen LogP) is 2.84. The maximum absolute atomic E-state index is 12.2. The third-order valence-corrected chi connectivity index (χ3v) is 6.31. The van der Waals surface area contributed by atoms with E-state index < -0.39 is 29.7 Å². The maximum Gasteiger partial charge on any atom is 0.497 e. The highest BCUT2D eigenvalue weighted by molar-refractivity contribution is 7.89. The van der Waals surface area contributed by atoms with Gasteiger partial charge in [0.25, 0.3) is 0 Å². The van der Waals surface area contributed by atoms with Gasteiger partial charge in [0.05, 0.1) is 22.6 Å². The van der Waals surface area contributed by atoms with Gasteiger partial charge < -0.3 is 19.2 Å². The van der Waals surface area contributed by atoms with Crippen molar-refractivity contribution < 1.29 is 13.9 Å². The Labute approximate surface area is 165 Å². The standard InChI is InChI=1S/C20H27BN2O3S/c1-19(2)20(3,4)26-21(25-19)17-13-16(27(24)22-5)11-12-18(17)23-14-15-9-7-6-8-10-15/h6-13,22-23H,14H2,1-5H3. The van der Waals surface area contributed by atoms with Gasteiger partial charge in [-0.15, -0.1) is 4.72 Å². The van der Waals surface area contributed by atoms with Crippen LogP contribution in [0.3, 0.4) is 0 Å². The summed E-state index contributed by atoms with van der Waals surface area (Å²) in [5.41, 5.74) is 2.07. The first-order valence-corrected chi connectivity index (χ1v) is 10.2. The van der Waals surface area contributed by atoms with E-state index >= 15 is 0 Å². The van der Waals surface area contributed by atoms with E-state index in [0.717, 1.165) is 11.2 Å². The Kier molecular flexibility index (Phi) is 5.89. The molecule has 0 aromatic heterocycles. The van der Waals surface area contributed by atoms with Crippen LogP contribution in [0.4, 0.5) is 5.69 Å². The fourth-order valence-electron chi connectivity index (χ4n) is 2.89. The molecule has 1 fully saturated rings. The van der Waals surface area contributed by atoms with Crippen molar-refractivity contribution in [3.63, 3.8) is 0 Å². The van der Waals surface area contributed by atoms with Gasteiger partial charge in [-0.1, -0.05) is 30.3 Å². The molecule has 0 radical (unpaired) electrons. The molecule has 1 atom stereocenters. The van der Waals surface area contributed by atoms with Gasteiger partial charge in [-0.25, -0.2) is 0 Å². The Morgan fingerprint density at radius 3 is 2.22 bits per heavy atom. The molecular weight excluding hydrogens is 359 g/mol. The first-order chi connectivity index (χ1) is 12.7. The third kappa shape index (κ3) is 4.33. The average Bonchev–Trinajstić information content (AvgIpc) is 2.87. The number of hydrogen-bond acceptors (Lipinski definition) is 5. The van der Waals surface area contributed by atoms with E-state index in [9.17, 15) is 4.55 Å². The molecule has 0 amide bonds. The van der Waals surface area contributed by atoms with Crippen LogP contribution in [0.1, 0.15) is 33.3 Å². The SMILES string of the molecule is CN[S+]([O-])c1ccc(NCc2ccccc2)c(B2OC(C)(C)C(C)(C)O2)c1. The van der Waals surface area contributed by atoms with E-state index in [1.165, 1.54) is 5.56 Å². The zero-order valence-corrected chi connectivity index (χ0v) is 17.4. The third-order valence-electron chi connectivity index (χ3n) is 5.26. The summed E-state index contributed by atoms with van der Waals surface area (Å²) < 4.78 is 27.5. The second-order valence-electron chi connectivity index (χ2n) is 7.65. The zero-order valence-electron chi connectivity index (χ0n) is 16.5. The number of nitrogens with one attached hydrogen (secondary N) is 2. The molecule has 1 saturated heterocycles. The Balaban J connectivity index is 1.91. The Bertz CT molecular complexity index is 770. The Morgan fingerprint density at radius 1 is 1.00 bits per heavy atom. The lowest BCUT2D eigenvalue weighted by Gasteiger charge is -2.32. The normalized spacial score (nSPS) is 19.1. The van der Waals surface area contributed by atoms with Gasteiger partial charge in [-0.05, 0) is 51.5 Å². The van der Waals surface area contributed by atoms with Crippen molar-refractivity contribution in [1.29, 1.82) is 0 Å². The van der Waals surface area contributed by atoms with Gasteiger partial charge in [0.2, 0.25) is 0 Å². The number of benzene rings is 2. The molecule has 2 aromatic carbocycles. The smallest absolute Gasteiger partial charge is 0.497 e. The second-order valence-corrected chi connectivity index (χ2v) is 9.07. The number of anilines is 1. The quantitative estimate of drug-likeness (QED) is 0.591. The monoisotopic (exact) mass is 386 g/mol. The van der Waals surface area contributed by atoms with E-state index in [4.69, 9.17) is 9.31 Å². The van der Waals surface area contributed by atoms with Crippen molar-refractivity contribution in [3.8, 4) is 0 Å². The van der Waals surface area contributed by atoms with Crippen LogP contribution in [0.5, 0.6) is 0 Å². The molecule has 0 bridgehead atoms. The lowest BCUT2D eigenvalue weighted by Crippen LogP contribution is -2.41. The molecule has 0 spiro atoms. The summed E-state index contributed by atoms with van der Waals surface area (Å²) in [4.78, 5) is 0.687. The molecule has 5 nitrogen and oxygen atoms in total. The van der Waals surface area contributed by atoms with E-state index in [1.54, 1.807) is 7.05 Å². The largest absolute Gasteiger partial charge is 0.593 e. The van der Waals surface area contributed by atoms with Crippen LogP contribution in [-0.4, -0.2) is 29.9 Å². The molecule has 3 rings (SSSR count). The molecule has 0 saturated carbocycles. The summed E-state index contributed by atoms with van der Waals surface area (Å²) in [5.74, 6) is 0. The summed E-state index contributed by atoms with van der Waals surface area (Å²) in [5, 5.41) is 3.47. The van der Waals surface area contributed by atoms with Gasteiger partial charge in [0.1, 0.15) is 0 Å². The van der Waals surface area contributed by atoms with Crippen LogP contribution < -0.4 is 15.5 Å². The summed E-state index contributed by atoms with van der Waals surface area (Å²) >= 11 is -1.28. The fourth-order valence-corrected chi connectivity index (χ4v) is 3.55. The van der Waals surface area contributed by atoms with Gasteiger partial charge >= 0.3 is 7.12 Å². The van der Waals surface area contributed by atoms with Gasteiger partial charge in [-0.3, -0.25) is 0 Å². The van der Waals surface area contributed by atoms with Crippen molar-refractivity contribution in [2.75, 3.05) is 12.4 Å². The second kappa shape index (κ2) is 7.85. The van der Waals surface area contributed by atoms with E-state index in [0.29, 0.717) is 11.4 Å². The molecule has 0 aliphatic carbocycles. The van der Waals surface area contributed by atoms with Gasteiger partial charge in [-0.2, -0.15) is 0 Å². The first-order valence-electron chi connectivity index (χ1n) is 9.10. The molecule has 1 aliphatic rings. The molecule has 144 valence electrons. The summed E-state index contributed by atoms with van der Waals surface area (Å²) in [6.07, 6.45) is 0. The van der Waals surface area contributed by atoms with Crippen LogP contribution in [-0.2, 0) is 27.2 Å². The van der Waals surface area contributed by atoms with Crippen LogP contribution in [0.25, 0.3) is 0 Å². The lowest BCUT2D eigenvalue weighted by atomic mass is 9.77. The Hall–Kier alpha value is -1.51. The molecular formula is C20H27BN2O3S. The highest BCUT2D eigenvalue weighted by atomic mass is 32.2. The van der Waals surface area contributed by atoms with Crippen molar-refractivity contribution in [2.24, 2.45) is 0 Å². The van der Waals surface area contributed by atoms with Gasteiger partial charge in [0.15, 0.2) is 4.90 Å². The van der Waals surface area contributed by atoms with Crippen LogP contribution in [0, 0.1) is 0 Å². The lowest BCUT2D eigenvalue weighted by molar-refractivity contribution is 0.00578. The van der Waals surface area contributed by atoms with Crippen molar-refractivity contribution in [2.45, 2.75) is 50.3 Å². The molecule has 2 N–H and O–H groups in total. The highest BCUT2D eigenvalue weighted by Crippen LogP contribution is 2.37. The van der Waals surface area contributed by atoms with Crippen molar-refractivity contribution in [3.05, 3.63) is 54.1 Å². The predicted molar refractivity (Wildman–Crippen MR) is 111 cm³/mol. The summed E-state index contributed by atoms with van der Waals surface area (Å²) in [6.45, 7) is 8.79. The molecule has 1 unspecified atom stereocenters. The molecule has 1 heterocycles. The number of rotatable bonds is 6. The van der Waals surface area contributed by atoms with Crippen LogP contribution in [0.2, 0.25) is 0 Å². The molecule has 27 heavy (non-hydrogen) atoms. The summed E-state index contributed by atoms with van der Waals surface area (Å²) in [6, 6.07) is 15.9. The molecule has 7 heteroatoms. The Morgan fingerprint density at radius 2 is 1.63 bits per heavy atom. The minimum absolute atomic E-state index is 0.438. The minimum Gasteiger partial charge on any atom is -0.593 e. The van der Waals surface area contributed by atoms with Crippen molar-refractivity contribution >= 4 is 29.6 Å². The maximum atomic E-state index is 12.2. The topological polar surface area (TPSA) is 65.6 Å². The van der Waals surface area contributed by atoms with Crippen LogP contribution >= 0.6 is 0 Å². The molecule has 1 aliphatic heterocycles. The average molecular weight is 386 g/mol. The minimum atomic E-state index is -1.28. The first kappa shape index (κ1) is 20.2. The fraction of sp³-hybridized carbons (Fsp3) is 0.400. The van der Waals surface area contributed by atoms with Crippen molar-refractivity contribution in [1.82, 2.24) is 4.72 Å². The summed E-state index contributed by atoms with van der Waals surface area (Å²) in [7, 11) is 1.15. The van der Waals surface area contributed by atoms with Gasteiger partial charge in [0, 0.05) is 24.7 Å².